The van der Waals surface area contributed by atoms with Gasteiger partial charge < -0.3 is 10.3 Å². The van der Waals surface area contributed by atoms with Crippen molar-refractivity contribution in [1.82, 2.24) is 28.5 Å². The van der Waals surface area contributed by atoms with Crippen molar-refractivity contribution < 1.29 is 4.79 Å². The second kappa shape index (κ2) is 6.86. The van der Waals surface area contributed by atoms with Gasteiger partial charge in [-0.25, -0.2) is 14.0 Å². The number of imidazole rings is 1. The van der Waals surface area contributed by atoms with Crippen LogP contribution in [0.5, 0.6) is 0 Å². The Morgan fingerprint density at radius 2 is 1.85 bits per heavy atom. The highest BCUT2D eigenvalue weighted by Gasteiger charge is 2.22. The molecule has 2 N–H and O–H groups in total. The highest BCUT2D eigenvalue weighted by Crippen LogP contribution is 2.18. The molecule has 0 aliphatic carbocycles. The molecule has 3 rings (SSSR count). The Morgan fingerprint density at radius 1 is 1.15 bits per heavy atom. The van der Waals surface area contributed by atoms with Gasteiger partial charge in [0, 0.05) is 19.3 Å². The van der Waals surface area contributed by atoms with Gasteiger partial charge in [-0.3, -0.25) is 14.2 Å². The van der Waals surface area contributed by atoms with E-state index in [2.05, 4.69) is 10.1 Å². The molecular formula is C17H23N7O3. The largest absolute Gasteiger partial charge is 0.368 e. The van der Waals surface area contributed by atoms with Crippen LogP contribution in [-0.2, 0) is 37.8 Å². The van der Waals surface area contributed by atoms with Crippen molar-refractivity contribution in [2.24, 2.45) is 12.8 Å². The highest BCUT2D eigenvalue weighted by molar-refractivity contribution is 5.75. The molecule has 0 fully saturated rings. The number of carbonyl (C=O) groups excluding carboxylic acids is 1. The summed E-state index contributed by atoms with van der Waals surface area (Å²) in [6.07, 6.45) is 1.51. The molecule has 3 heterocycles. The third-order valence-electron chi connectivity index (χ3n) is 4.59. The van der Waals surface area contributed by atoms with Crippen LogP contribution < -0.4 is 17.0 Å². The second-order valence-corrected chi connectivity index (χ2v) is 6.27. The van der Waals surface area contributed by atoms with E-state index in [1.807, 2.05) is 26.8 Å². The molecule has 0 aliphatic rings. The van der Waals surface area contributed by atoms with Gasteiger partial charge in [-0.2, -0.15) is 10.1 Å². The van der Waals surface area contributed by atoms with E-state index < -0.39 is 23.7 Å². The molecule has 0 aliphatic heterocycles. The molecule has 10 nitrogen and oxygen atoms in total. The monoisotopic (exact) mass is 373 g/mol. The normalized spacial score (nSPS) is 11.4. The fourth-order valence-electron chi connectivity index (χ4n) is 3.19. The Labute approximate surface area is 154 Å². The first-order chi connectivity index (χ1) is 12.8. The van der Waals surface area contributed by atoms with Crippen LogP contribution in [0.25, 0.3) is 17.1 Å². The maximum atomic E-state index is 12.9. The third-order valence-corrected chi connectivity index (χ3v) is 4.59. The average molecular weight is 373 g/mol. The van der Waals surface area contributed by atoms with Crippen LogP contribution in [0, 0.1) is 0 Å². The molecule has 1 amide bonds. The van der Waals surface area contributed by atoms with Crippen LogP contribution in [0.2, 0.25) is 0 Å². The molecule has 3 aromatic rings. The number of aryl methyl sites for hydroxylation is 4. The van der Waals surface area contributed by atoms with Crippen molar-refractivity contribution in [1.29, 1.82) is 0 Å². The molecule has 27 heavy (non-hydrogen) atoms. The van der Waals surface area contributed by atoms with E-state index in [0.717, 1.165) is 28.8 Å². The minimum absolute atomic E-state index is 0.242. The van der Waals surface area contributed by atoms with Gasteiger partial charge >= 0.3 is 5.69 Å². The number of hydrogen-bond acceptors (Lipinski definition) is 5. The highest BCUT2D eigenvalue weighted by atomic mass is 16.2. The van der Waals surface area contributed by atoms with E-state index in [-0.39, 0.29) is 11.2 Å². The maximum absolute atomic E-state index is 12.9. The van der Waals surface area contributed by atoms with Crippen molar-refractivity contribution in [3.63, 3.8) is 0 Å². The van der Waals surface area contributed by atoms with E-state index in [4.69, 9.17) is 5.73 Å². The lowest BCUT2D eigenvalue weighted by Gasteiger charge is -2.09. The molecule has 0 radical (unpaired) electrons. The van der Waals surface area contributed by atoms with Crippen LogP contribution in [-0.4, -0.2) is 34.4 Å². The van der Waals surface area contributed by atoms with Crippen molar-refractivity contribution >= 4 is 17.1 Å². The fraction of sp³-hybridized carbons (Fsp3) is 0.471. The van der Waals surface area contributed by atoms with Gasteiger partial charge in [0.05, 0.1) is 5.69 Å². The number of amides is 1. The number of rotatable bonds is 6. The number of fused-ring (bicyclic) bond motifs is 1. The van der Waals surface area contributed by atoms with Crippen LogP contribution in [0.15, 0.2) is 15.7 Å². The Hall–Kier alpha value is -3.17. The molecule has 0 atom stereocenters. The molecule has 10 heteroatoms. The molecule has 3 aromatic heterocycles. The lowest BCUT2D eigenvalue weighted by Crippen LogP contribution is -2.42. The third kappa shape index (κ3) is 2.86. The van der Waals surface area contributed by atoms with Crippen molar-refractivity contribution in [3.05, 3.63) is 38.3 Å². The van der Waals surface area contributed by atoms with Crippen LogP contribution in [0.3, 0.4) is 0 Å². The summed E-state index contributed by atoms with van der Waals surface area (Å²) < 4.78 is 5.51. The standard InChI is InChI=1S/C17H23N7O3/c1-5-10-8-11(6-2)24(20-10)16-19-14-13(22(16)7-3)15(26)23(9-12(18)25)17(27)21(14)4/h8H,5-7,9H2,1-4H3,(H2,18,25). The summed E-state index contributed by atoms with van der Waals surface area (Å²) in [7, 11) is 1.51. The van der Waals surface area contributed by atoms with E-state index >= 15 is 0 Å². The minimum atomic E-state index is -0.760. The molecule has 0 aromatic carbocycles. The average Bonchev–Trinajstić information content (AvgIpc) is 3.23. The summed E-state index contributed by atoms with van der Waals surface area (Å²) in [4.78, 5) is 41.3. The zero-order valence-corrected chi connectivity index (χ0v) is 15.9. The van der Waals surface area contributed by atoms with E-state index in [9.17, 15) is 14.4 Å². The summed E-state index contributed by atoms with van der Waals surface area (Å²) >= 11 is 0. The van der Waals surface area contributed by atoms with Gasteiger partial charge in [0.1, 0.15) is 6.54 Å². The van der Waals surface area contributed by atoms with Gasteiger partial charge in [-0.15, -0.1) is 0 Å². The lowest BCUT2D eigenvalue weighted by molar-refractivity contribution is -0.118. The molecule has 0 saturated carbocycles. The predicted octanol–water partition coefficient (Wildman–Crippen LogP) is -0.288. The van der Waals surface area contributed by atoms with E-state index in [1.54, 1.807) is 9.25 Å². The first-order valence-corrected chi connectivity index (χ1v) is 8.90. The van der Waals surface area contributed by atoms with Gasteiger partial charge in [0.15, 0.2) is 11.2 Å². The Bertz CT molecular complexity index is 1150. The SMILES string of the molecule is CCc1cc(CC)n(-c2nc3c(c(=O)n(CC(N)=O)c(=O)n3C)n2CC)n1. The van der Waals surface area contributed by atoms with E-state index in [1.165, 1.54) is 11.6 Å². The zero-order valence-electron chi connectivity index (χ0n) is 15.9. The number of nitrogens with two attached hydrogens (primary N) is 1. The predicted molar refractivity (Wildman–Crippen MR) is 100.0 cm³/mol. The Morgan fingerprint density at radius 3 is 2.41 bits per heavy atom. The molecule has 0 bridgehead atoms. The van der Waals surface area contributed by atoms with Crippen molar-refractivity contribution in [3.8, 4) is 5.95 Å². The van der Waals surface area contributed by atoms with Crippen LogP contribution in [0.4, 0.5) is 0 Å². The van der Waals surface area contributed by atoms with Gasteiger partial charge in [-0.1, -0.05) is 13.8 Å². The smallest absolute Gasteiger partial charge is 0.332 e. The van der Waals surface area contributed by atoms with Gasteiger partial charge in [0.25, 0.3) is 5.56 Å². The number of aromatic nitrogens is 6. The molecular weight excluding hydrogens is 350 g/mol. The summed E-state index contributed by atoms with van der Waals surface area (Å²) in [5.41, 5.74) is 6.34. The Balaban J connectivity index is 2.41. The fourth-order valence-corrected chi connectivity index (χ4v) is 3.19. The molecule has 0 saturated heterocycles. The van der Waals surface area contributed by atoms with Crippen LogP contribution >= 0.6 is 0 Å². The number of carbonyl (C=O) groups is 1. The lowest BCUT2D eigenvalue weighted by atomic mass is 10.3. The summed E-state index contributed by atoms with van der Waals surface area (Å²) in [6.45, 7) is 5.87. The van der Waals surface area contributed by atoms with Gasteiger partial charge in [-0.05, 0) is 25.8 Å². The first kappa shape index (κ1) is 18.6. The second-order valence-electron chi connectivity index (χ2n) is 6.27. The summed E-state index contributed by atoms with van der Waals surface area (Å²) in [6, 6.07) is 2.00. The molecule has 0 unspecified atom stereocenters. The van der Waals surface area contributed by atoms with Gasteiger partial charge in [0.2, 0.25) is 11.9 Å². The van der Waals surface area contributed by atoms with Crippen molar-refractivity contribution in [2.75, 3.05) is 0 Å². The summed E-state index contributed by atoms with van der Waals surface area (Å²) in [5, 5.41) is 4.59. The number of primary amides is 1. The number of hydrogen-bond donors (Lipinski definition) is 1. The van der Waals surface area contributed by atoms with Crippen molar-refractivity contribution in [2.45, 2.75) is 46.7 Å². The maximum Gasteiger partial charge on any atom is 0.332 e. The topological polar surface area (TPSA) is 123 Å². The Kier molecular flexibility index (Phi) is 4.73. The quantitative estimate of drug-likeness (QED) is 0.636. The van der Waals surface area contributed by atoms with Crippen LogP contribution in [0.1, 0.15) is 32.2 Å². The molecule has 144 valence electrons. The summed E-state index contributed by atoms with van der Waals surface area (Å²) in [5.74, 6) is -0.294. The first-order valence-electron chi connectivity index (χ1n) is 8.90. The zero-order chi connectivity index (χ0) is 19.9. The van der Waals surface area contributed by atoms with E-state index in [0.29, 0.717) is 12.5 Å². The minimum Gasteiger partial charge on any atom is -0.368 e. The number of nitrogens with zero attached hydrogens (tertiary/aromatic N) is 6. The molecule has 0 spiro atoms.